The highest BCUT2D eigenvalue weighted by molar-refractivity contribution is 7.89. The fourth-order valence-corrected chi connectivity index (χ4v) is 6.25. The van der Waals surface area contributed by atoms with Gasteiger partial charge in [0.25, 0.3) is 0 Å². The van der Waals surface area contributed by atoms with Crippen LogP contribution in [0.5, 0.6) is 0 Å². The molecule has 190 valence electrons. The molecular formula is C29H35N3O3S. The number of hydrogen-bond donors (Lipinski definition) is 0. The number of nitrogens with zero attached hydrogens (tertiary/aromatic N) is 3. The van der Waals surface area contributed by atoms with Crippen LogP contribution in [0, 0.1) is 13.8 Å². The Kier molecular flexibility index (Phi) is 8.56. The van der Waals surface area contributed by atoms with E-state index in [2.05, 4.69) is 17.0 Å². The standard InChI is InChI=1S/C29H35N3O3S/c1-24-13-14-25(2)28(21-24)36(34,35)32(16-15-26-9-5-3-6-10-26)23-29(33)31-19-17-30(18-20-31)22-27-11-7-4-8-12-27/h3-14,21H,15-20,22-23H2,1-2H3. The van der Waals surface area contributed by atoms with Crippen molar-refractivity contribution in [1.82, 2.24) is 14.1 Å². The SMILES string of the molecule is Cc1ccc(C)c(S(=O)(=O)N(CCc2ccccc2)CC(=O)N2CCN(Cc3ccccc3)CC2)c1. The predicted octanol–water partition coefficient (Wildman–Crippen LogP) is 3.88. The average Bonchev–Trinajstić information content (AvgIpc) is 2.89. The van der Waals surface area contributed by atoms with Crippen LogP contribution in [-0.4, -0.2) is 67.7 Å². The van der Waals surface area contributed by atoms with Gasteiger partial charge in [-0.3, -0.25) is 9.69 Å². The lowest BCUT2D eigenvalue weighted by Crippen LogP contribution is -2.51. The highest BCUT2D eigenvalue weighted by atomic mass is 32.2. The zero-order valence-corrected chi connectivity index (χ0v) is 22.0. The van der Waals surface area contributed by atoms with Gasteiger partial charge in [0.05, 0.1) is 11.4 Å². The minimum Gasteiger partial charge on any atom is -0.339 e. The molecule has 0 saturated carbocycles. The van der Waals surface area contributed by atoms with Gasteiger partial charge in [-0.25, -0.2) is 8.42 Å². The van der Waals surface area contributed by atoms with Crippen LogP contribution in [0.3, 0.4) is 0 Å². The highest BCUT2D eigenvalue weighted by Crippen LogP contribution is 2.22. The van der Waals surface area contributed by atoms with Crippen molar-refractivity contribution >= 4 is 15.9 Å². The van der Waals surface area contributed by atoms with Crippen LogP contribution in [0.1, 0.15) is 22.3 Å². The smallest absolute Gasteiger partial charge is 0.243 e. The minimum absolute atomic E-state index is 0.142. The Morgan fingerprint density at radius 2 is 1.44 bits per heavy atom. The third-order valence-corrected chi connectivity index (χ3v) is 8.73. The van der Waals surface area contributed by atoms with E-state index < -0.39 is 10.0 Å². The average molecular weight is 506 g/mol. The Bertz CT molecular complexity index is 1260. The van der Waals surface area contributed by atoms with Gasteiger partial charge >= 0.3 is 0 Å². The van der Waals surface area contributed by atoms with Gasteiger partial charge in [-0.05, 0) is 48.6 Å². The highest BCUT2D eigenvalue weighted by Gasteiger charge is 2.30. The van der Waals surface area contributed by atoms with Gasteiger partial charge in [0.15, 0.2) is 0 Å². The van der Waals surface area contributed by atoms with Crippen LogP contribution in [0.4, 0.5) is 0 Å². The lowest BCUT2D eigenvalue weighted by Gasteiger charge is -2.35. The molecule has 0 spiro atoms. The van der Waals surface area contributed by atoms with Crippen molar-refractivity contribution in [2.75, 3.05) is 39.3 Å². The Labute approximate surface area is 215 Å². The molecule has 1 saturated heterocycles. The number of rotatable bonds is 9. The second-order valence-corrected chi connectivity index (χ2v) is 11.4. The van der Waals surface area contributed by atoms with E-state index in [1.807, 2.05) is 67.6 Å². The molecule has 0 unspecified atom stereocenters. The molecule has 7 heteroatoms. The predicted molar refractivity (Wildman–Crippen MR) is 143 cm³/mol. The Morgan fingerprint density at radius 3 is 2.08 bits per heavy atom. The maximum Gasteiger partial charge on any atom is 0.243 e. The van der Waals surface area contributed by atoms with Crippen LogP contribution >= 0.6 is 0 Å². The van der Waals surface area contributed by atoms with E-state index in [1.54, 1.807) is 17.9 Å². The van der Waals surface area contributed by atoms with E-state index >= 15 is 0 Å². The summed E-state index contributed by atoms with van der Waals surface area (Å²) in [5, 5.41) is 0. The number of sulfonamides is 1. The van der Waals surface area contributed by atoms with Crippen LogP contribution in [0.25, 0.3) is 0 Å². The summed E-state index contributed by atoms with van der Waals surface area (Å²) >= 11 is 0. The van der Waals surface area contributed by atoms with Crippen LogP contribution in [0.15, 0.2) is 83.8 Å². The molecule has 6 nitrogen and oxygen atoms in total. The van der Waals surface area contributed by atoms with Gasteiger partial charge in [0, 0.05) is 39.3 Å². The first-order valence-corrected chi connectivity index (χ1v) is 13.9. The van der Waals surface area contributed by atoms with E-state index in [4.69, 9.17) is 0 Å². The first kappa shape index (κ1) is 26.1. The summed E-state index contributed by atoms with van der Waals surface area (Å²) in [6, 6.07) is 25.5. The maximum atomic E-state index is 13.7. The molecule has 1 aliphatic heterocycles. The largest absolute Gasteiger partial charge is 0.339 e. The number of hydrogen-bond acceptors (Lipinski definition) is 4. The topological polar surface area (TPSA) is 60.9 Å². The molecule has 3 aromatic carbocycles. The maximum absolute atomic E-state index is 13.7. The molecule has 3 aromatic rings. The van der Waals surface area contributed by atoms with Gasteiger partial charge < -0.3 is 4.90 Å². The van der Waals surface area contributed by atoms with Crippen molar-refractivity contribution in [2.24, 2.45) is 0 Å². The summed E-state index contributed by atoms with van der Waals surface area (Å²) in [5.41, 5.74) is 3.86. The van der Waals surface area contributed by atoms with E-state index in [1.165, 1.54) is 9.87 Å². The van der Waals surface area contributed by atoms with Crippen molar-refractivity contribution in [2.45, 2.75) is 31.7 Å². The monoisotopic (exact) mass is 505 g/mol. The molecule has 1 amide bonds. The molecule has 1 fully saturated rings. The van der Waals surface area contributed by atoms with Crippen molar-refractivity contribution in [3.8, 4) is 0 Å². The normalized spacial score (nSPS) is 14.8. The van der Waals surface area contributed by atoms with E-state index in [9.17, 15) is 13.2 Å². The van der Waals surface area contributed by atoms with Gasteiger partial charge in [-0.2, -0.15) is 4.31 Å². The molecule has 0 atom stereocenters. The van der Waals surface area contributed by atoms with E-state index in [0.29, 0.717) is 25.1 Å². The number of amides is 1. The summed E-state index contributed by atoms with van der Waals surface area (Å²) in [5.74, 6) is -0.142. The summed E-state index contributed by atoms with van der Waals surface area (Å²) in [6.45, 7) is 7.38. The molecule has 1 heterocycles. The van der Waals surface area contributed by atoms with Crippen LogP contribution in [0.2, 0.25) is 0 Å². The second kappa shape index (κ2) is 11.8. The molecule has 0 N–H and O–H groups in total. The molecular weight excluding hydrogens is 470 g/mol. The quantitative estimate of drug-likeness (QED) is 0.443. The van der Waals surface area contributed by atoms with Crippen molar-refractivity contribution in [3.05, 3.63) is 101 Å². The zero-order chi connectivity index (χ0) is 25.5. The fourth-order valence-electron chi connectivity index (χ4n) is 4.55. The Hall–Kier alpha value is -3.00. The molecule has 0 aliphatic carbocycles. The number of aryl methyl sites for hydroxylation is 2. The Morgan fingerprint density at radius 1 is 0.833 bits per heavy atom. The molecule has 0 aromatic heterocycles. The first-order chi connectivity index (χ1) is 17.3. The second-order valence-electron chi connectivity index (χ2n) is 9.49. The number of carbonyl (C=O) groups excluding carboxylic acids is 1. The molecule has 0 bridgehead atoms. The van der Waals surface area contributed by atoms with Crippen molar-refractivity contribution in [3.63, 3.8) is 0 Å². The van der Waals surface area contributed by atoms with Gasteiger partial charge in [-0.15, -0.1) is 0 Å². The summed E-state index contributed by atoms with van der Waals surface area (Å²) in [4.78, 5) is 17.7. The lowest BCUT2D eigenvalue weighted by molar-refractivity contribution is -0.133. The number of piperazine rings is 1. The van der Waals surface area contributed by atoms with Crippen molar-refractivity contribution < 1.29 is 13.2 Å². The Balaban J connectivity index is 1.46. The zero-order valence-electron chi connectivity index (χ0n) is 21.1. The first-order valence-electron chi connectivity index (χ1n) is 12.5. The summed E-state index contributed by atoms with van der Waals surface area (Å²) < 4.78 is 28.9. The van der Waals surface area contributed by atoms with E-state index in [-0.39, 0.29) is 23.9 Å². The van der Waals surface area contributed by atoms with E-state index in [0.717, 1.165) is 30.8 Å². The molecule has 0 radical (unpaired) electrons. The van der Waals surface area contributed by atoms with Gasteiger partial charge in [-0.1, -0.05) is 72.8 Å². The third kappa shape index (κ3) is 6.60. The van der Waals surface area contributed by atoms with Crippen LogP contribution in [-0.2, 0) is 27.8 Å². The number of benzene rings is 3. The molecule has 1 aliphatic rings. The van der Waals surface area contributed by atoms with Crippen molar-refractivity contribution in [1.29, 1.82) is 0 Å². The van der Waals surface area contributed by atoms with Gasteiger partial charge in [0.2, 0.25) is 15.9 Å². The third-order valence-electron chi connectivity index (χ3n) is 6.74. The molecule has 4 rings (SSSR count). The minimum atomic E-state index is -3.83. The summed E-state index contributed by atoms with van der Waals surface area (Å²) in [6.07, 6.45) is 0.545. The number of carbonyl (C=O) groups is 1. The summed E-state index contributed by atoms with van der Waals surface area (Å²) in [7, 11) is -3.83. The van der Waals surface area contributed by atoms with Gasteiger partial charge in [0.1, 0.15) is 0 Å². The molecule has 36 heavy (non-hydrogen) atoms. The van der Waals surface area contributed by atoms with Crippen LogP contribution < -0.4 is 0 Å². The fraction of sp³-hybridized carbons (Fsp3) is 0.345. The lowest BCUT2D eigenvalue weighted by atomic mass is 10.1.